The van der Waals surface area contributed by atoms with Crippen LogP contribution in [0.1, 0.15) is 11.3 Å². The SMILES string of the molecule is Cc1c(C(F)(F)F)noc1OCC(=O)N(C)c1cccc(F)c1. The fraction of sp³-hybridized carbons (Fsp3) is 0.286. The average Bonchev–Trinajstić information content (AvgIpc) is 2.85. The van der Waals surface area contributed by atoms with Crippen LogP contribution in [0.3, 0.4) is 0 Å². The lowest BCUT2D eigenvalue weighted by atomic mass is 10.2. The average molecular weight is 332 g/mol. The van der Waals surface area contributed by atoms with Crippen molar-refractivity contribution >= 4 is 11.6 Å². The van der Waals surface area contributed by atoms with Crippen molar-refractivity contribution in [2.75, 3.05) is 18.6 Å². The summed E-state index contributed by atoms with van der Waals surface area (Å²) in [6.07, 6.45) is -4.67. The molecule has 0 bridgehead atoms. The highest BCUT2D eigenvalue weighted by atomic mass is 19.4. The summed E-state index contributed by atoms with van der Waals surface area (Å²) in [4.78, 5) is 13.0. The van der Waals surface area contributed by atoms with E-state index in [1.54, 1.807) is 0 Å². The van der Waals surface area contributed by atoms with E-state index in [1.165, 1.54) is 25.2 Å². The van der Waals surface area contributed by atoms with Crippen molar-refractivity contribution in [3.63, 3.8) is 0 Å². The van der Waals surface area contributed by atoms with Crippen LogP contribution in [-0.2, 0) is 11.0 Å². The number of halogens is 4. The first-order valence-electron chi connectivity index (χ1n) is 6.38. The van der Waals surface area contributed by atoms with Crippen molar-refractivity contribution in [2.45, 2.75) is 13.1 Å². The van der Waals surface area contributed by atoms with E-state index in [-0.39, 0.29) is 11.3 Å². The predicted octanol–water partition coefficient (Wildman–Crippen LogP) is 3.18. The number of amides is 1. The highest BCUT2D eigenvalue weighted by Crippen LogP contribution is 2.34. The summed E-state index contributed by atoms with van der Waals surface area (Å²) in [7, 11) is 1.38. The van der Waals surface area contributed by atoms with Gasteiger partial charge in [-0.2, -0.15) is 13.2 Å². The summed E-state index contributed by atoms with van der Waals surface area (Å²) < 4.78 is 60.2. The fourth-order valence-corrected chi connectivity index (χ4v) is 1.77. The monoisotopic (exact) mass is 332 g/mol. The molecule has 0 spiro atoms. The first-order valence-corrected chi connectivity index (χ1v) is 6.38. The first kappa shape index (κ1) is 16.8. The Morgan fingerprint density at radius 1 is 1.39 bits per heavy atom. The topological polar surface area (TPSA) is 55.6 Å². The van der Waals surface area contributed by atoms with E-state index in [0.29, 0.717) is 0 Å². The molecular weight excluding hydrogens is 320 g/mol. The third-order valence-electron chi connectivity index (χ3n) is 3.05. The second-order valence-electron chi connectivity index (χ2n) is 4.66. The highest BCUT2D eigenvalue weighted by Gasteiger charge is 2.38. The zero-order chi connectivity index (χ0) is 17.2. The smallest absolute Gasteiger partial charge is 0.437 e. The Kier molecular flexibility index (Phi) is 4.57. The van der Waals surface area contributed by atoms with Gasteiger partial charge in [0.2, 0.25) is 0 Å². The van der Waals surface area contributed by atoms with E-state index in [9.17, 15) is 22.4 Å². The number of carbonyl (C=O) groups excluding carboxylic acids is 1. The molecule has 1 amide bonds. The number of aromatic nitrogens is 1. The van der Waals surface area contributed by atoms with Crippen molar-refractivity contribution in [1.82, 2.24) is 5.16 Å². The molecule has 2 aromatic rings. The minimum atomic E-state index is -4.67. The minimum absolute atomic E-state index is 0.281. The van der Waals surface area contributed by atoms with Gasteiger partial charge in [0.25, 0.3) is 5.91 Å². The number of carbonyl (C=O) groups is 1. The van der Waals surface area contributed by atoms with E-state index < -0.39 is 36.1 Å². The molecule has 1 heterocycles. The van der Waals surface area contributed by atoms with E-state index in [4.69, 9.17) is 4.74 Å². The number of benzene rings is 1. The lowest BCUT2D eigenvalue weighted by Crippen LogP contribution is -2.31. The summed E-state index contributed by atoms with van der Waals surface area (Å²) in [5.41, 5.74) is -1.28. The van der Waals surface area contributed by atoms with Crippen LogP contribution in [0.4, 0.5) is 23.2 Å². The van der Waals surface area contributed by atoms with Crippen molar-refractivity contribution < 1.29 is 31.6 Å². The zero-order valence-corrected chi connectivity index (χ0v) is 12.1. The summed E-state index contributed by atoms with van der Waals surface area (Å²) in [5, 5.41) is 2.88. The molecule has 0 atom stereocenters. The molecule has 1 aromatic heterocycles. The molecule has 124 valence electrons. The van der Waals surface area contributed by atoms with Gasteiger partial charge in [0.15, 0.2) is 12.3 Å². The molecule has 0 saturated carbocycles. The van der Waals surface area contributed by atoms with Crippen molar-refractivity contribution in [3.8, 4) is 5.95 Å². The number of alkyl halides is 3. The Bertz CT molecular complexity index is 712. The van der Waals surface area contributed by atoms with Crippen LogP contribution in [0.5, 0.6) is 5.95 Å². The maximum Gasteiger partial charge on any atom is 0.437 e. The Morgan fingerprint density at radius 3 is 2.65 bits per heavy atom. The summed E-state index contributed by atoms with van der Waals surface area (Å²) in [5.74, 6) is -1.61. The van der Waals surface area contributed by atoms with Gasteiger partial charge in [-0.3, -0.25) is 4.79 Å². The summed E-state index contributed by atoms with van der Waals surface area (Å²) in [6, 6.07) is 5.28. The maximum absolute atomic E-state index is 13.1. The molecule has 0 N–H and O–H groups in total. The van der Waals surface area contributed by atoms with Crippen LogP contribution in [0.15, 0.2) is 28.8 Å². The second kappa shape index (κ2) is 6.27. The minimum Gasteiger partial charge on any atom is -0.453 e. The summed E-state index contributed by atoms with van der Waals surface area (Å²) >= 11 is 0. The molecule has 23 heavy (non-hydrogen) atoms. The van der Waals surface area contributed by atoms with E-state index >= 15 is 0 Å². The fourth-order valence-electron chi connectivity index (χ4n) is 1.77. The molecule has 5 nitrogen and oxygen atoms in total. The van der Waals surface area contributed by atoms with E-state index in [0.717, 1.165) is 17.9 Å². The zero-order valence-electron chi connectivity index (χ0n) is 12.1. The maximum atomic E-state index is 13.1. The van der Waals surface area contributed by atoms with Crippen LogP contribution >= 0.6 is 0 Å². The standard InChI is InChI=1S/C14H12F4N2O3/c1-8-12(14(16,17)18)19-23-13(8)22-7-11(21)20(2)10-5-3-4-9(15)6-10/h3-6H,7H2,1-2H3. The molecule has 0 saturated heterocycles. The largest absolute Gasteiger partial charge is 0.453 e. The number of rotatable bonds is 4. The molecule has 2 rings (SSSR count). The Balaban J connectivity index is 2.04. The van der Waals surface area contributed by atoms with Crippen molar-refractivity contribution in [2.24, 2.45) is 0 Å². The molecule has 9 heteroatoms. The van der Waals surface area contributed by atoms with Crippen LogP contribution in [0, 0.1) is 12.7 Å². The molecule has 0 aliphatic rings. The van der Waals surface area contributed by atoms with Crippen LogP contribution < -0.4 is 9.64 Å². The number of hydrogen-bond acceptors (Lipinski definition) is 4. The summed E-state index contributed by atoms with van der Waals surface area (Å²) in [6.45, 7) is 0.537. The number of ether oxygens (including phenoxy) is 1. The molecule has 0 unspecified atom stereocenters. The molecule has 0 aliphatic carbocycles. The number of nitrogens with zero attached hydrogens (tertiary/aromatic N) is 2. The Hall–Kier alpha value is -2.58. The van der Waals surface area contributed by atoms with Gasteiger partial charge in [0, 0.05) is 12.7 Å². The molecule has 0 aliphatic heterocycles. The van der Waals surface area contributed by atoms with Gasteiger partial charge in [0.05, 0.1) is 5.56 Å². The van der Waals surface area contributed by atoms with Gasteiger partial charge in [-0.15, -0.1) is 0 Å². The second-order valence-corrected chi connectivity index (χ2v) is 4.66. The number of anilines is 1. The molecule has 0 fully saturated rings. The van der Waals surface area contributed by atoms with Gasteiger partial charge < -0.3 is 14.2 Å². The normalized spacial score (nSPS) is 11.4. The lowest BCUT2D eigenvalue weighted by Gasteiger charge is -2.17. The van der Waals surface area contributed by atoms with Crippen molar-refractivity contribution in [3.05, 3.63) is 41.3 Å². The van der Waals surface area contributed by atoms with E-state index in [1.807, 2.05) is 0 Å². The number of hydrogen-bond donors (Lipinski definition) is 0. The quantitative estimate of drug-likeness (QED) is 0.807. The van der Waals surface area contributed by atoms with Gasteiger partial charge in [-0.25, -0.2) is 4.39 Å². The third kappa shape index (κ3) is 3.79. The molecule has 0 radical (unpaired) electrons. The number of likely N-dealkylation sites (N-methyl/N-ethyl adjacent to an activating group) is 1. The third-order valence-corrected chi connectivity index (χ3v) is 3.05. The van der Waals surface area contributed by atoms with Gasteiger partial charge >= 0.3 is 12.1 Å². The molecular formula is C14H12F4N2O3. The van der Waals surface area contributed by atoms with Crippen LogP contribution in [0.25, 0.3) is 0 Å². The first-order chi connectivity index (χ1) is 10.7. The molecule has 1 aromatic carbocycles. The predicted molar refractivity (Wildman–Crippen MR) is 71.5 cm³/mol. The van der Waals surface area contributed by atoms with Crippen LogP contribution in [-0.4, -0.2) is 24.7 Å². The Labute approximate surface area is 128 Å². The van der Waals surface area contributed by atoms with E-state index in [2.05, 4.69) is 9.68 Å². The van der Waals surface area contributed by atoms with Crippen molar-refractivity contribution in [1.29, 1.82) is 0 Å². The Morgan fingerprint density at radius 2 is 2.09 bits per heavy atom. The van der Waals surface area contributed by atoms with Crippen LogP contribution in [0.2, 0.25) is 0 Å². The van der Waals surface area contributed by atoms with Gasteiger partial charge in [-0.1, -0.05) is 11.2 Å². The highest BCUT2D eigenvalue weighted by molar-refractivity contribution is 5.93. The lowest BCUT2D eigenvalue weighted by molar-refractivity contribution is -0.143. The van der Waals surface area contributed by atoms with Gasteiger partial charge in [-0.05, 0) is 25.1 Å². The van der Waals surface area contributed by atoms with Gasteiger partial charge in [0.1, 0.15) is 5.82 Å².